The van der Waals surface area contributed by atoms with Crippen LogP contribution in [0.25, 0.3) is 11.1 Å². The van der Waals surface area contributed by atoms with Gasteiger partial charge < -0.3 is 9.59 Å². The lowest BCUT2D eigenvalue weighted by Gasteiger charge is -2.34. The normalized spacial score (nSPS) is 12.7. The van der Waals surface area contributed by atoms with E-state index < -0.39 is 5.41 Å². The summed E-state index contributed by atoms with van der Waals surface area (Å²) in [5, 5.41) is 0. The molecule has 4 aromatic rings. The molecule has 0 bridgehead atoms. The third kappa shape index (κ3) is 3.81. The molecule has 1 aliphatic carbocycles. The Hall–Kier alpha value is -4.17. The largest absolute Gasteiger partial charge is 0.307 e. The van der Waals surface area contributed by atoms with Crippen molar-refractivity contribution in [1.29, 1.82) is 0 Å². The van der Waals surface area contributed by atoms with E-state index in [-0.39, 0.29) is 11.4 Å². The first kappa shape index (κ1) is 22.6. The summed E-state index contributed by atoms with van der Waals surface area (Å²) < 4.78 is 0. The molecule has 0 N–H and O–H groups in total. The molecular weight excluding hydrogens is 426 g/mol. The highest BCUT2D eigenvalue weighted by Crippen LogP contribution is 2.55. The highest BCUT2D eigenvalue weighted by atomic mass is 16.1. The fourth-order valence-electron chi connectivity index (χ4n) is 5.13. The summed E-state index contributed by atoms with van der Waals surface area (Å²) in [6.07, 6.45) is 2.63. The molecule has 2 radical (unpaired) electrons. The first-order valence-corrected chi connectivity index (χ1v) is 11.5. The fourth-order valence-corrected chi connectivity index (χ4v) is 5.13. The van der Waals surface area contributed by atoms with Crippen LogP contribution in [0.15, 0.2) is 122 Å². The van der Waals surface area contributed by atoms with Crippen LogP contribution in [0.5, 0.6) is 0 Å². The Labute approximate surface area is 207 Å². The van der Waals surface area contributed by atoms with Crippen molar-refractivity contribution >= 4 is 36.8 Å². The van der Waals surface area contributed by atoms with E-state index in [4.69, 9.17) is 0 Å². The van der Waals surface area contributed by atoms with Gasteiger partial charge in [-0.15, -0.1) is 0 Å². The molecule has 0 fully saturated rings. The maximum atomic E-state index is 11.9. The Morgan fingerprint density at radius 2 is 0.943 bits per heavy atom. The molecule has 0 aliphatic heterocycles. The second-order valence-electron chi connectivity index (χ2n) is 8.59. The summed E-state index contributed by atoms with van der Waals surface area (Å²) in [7, 11) is 3.17. The van der Waals surface area contributed by atoms with Gasteiger partial charge in [0.05, 0.1) is 5.41 Å². The third-order valence-corrected chi connectivity index (χ3v) is 6.66. The van der Waals surface area contributed by atoms with Gasteiger partial charge >= 0.3 is 0 Å². The summed E-state index contributed by atoms with van der Waals surface area (Å²) in [6, 6.07) is 33.3. The number of hydrogen-bond donors (Lipinski definition) is 0. The van der Waals surface area contributed by atoms with Gasteiger partial charge in [0.25, 0.3) is 0 Å². The average Bonchev–Trinajstić information content (AvgIpc) is 3.21. The quantitative estimate of drug-likeness (QED) is 0.264. The van der Waals surface area contributed by atoms with E-state index in [2.05, 4.69) is 86.0 Å². The van der Waals surface area contributed by atoms with Crippen molar-refractivity contribution in [3.8, 4) is 11.1 Å². The molecule has 0 saturated heterocycles. The Morgan fingerprint density at radius 1 is 0.571 bits per heavy atom. The van der Waals surface area contributed by atoms with Crippen LogP contribution in [0, 0.1) is 0 Å². The molecular formula is C31H22B2O2. The predicted octanol–water partition coefficient (Wildman–Crippen LogP) is 4.13. The number of carbonyl (C=O) groups excluding carboxylic acids is 2. The highest BCUT2D eigenvalue weighted by molar-refractivity contribution is 6.86. The number of carbonyl (C=O) groups is 2. The van der Waals surface area contributed by atoms with Crippen molar-refractivity contribution in [3.05, 3.63) is 145 Å². The van der Waals surface area contributed by atoms with Crippen LogP contribution >= 0.6 is 0 Å². The van der Waals surface area contributed by atoms with Crippen molar-refractivity contribution in [2.24, 2.45) is 0 Å². The van der Waals surface area contributed by atoms with E-state index in [1.807, 2.05) is 24.3 Å². The van der Waals surface area contributed by atoms with Gasteiger partial charge in [-0.3, -0.25) is 0 Å². The molecule has 0 saturated carbocycles. The van der Waals surface area contributed by atoms with Gasteiger partial charge in [-0.1, -0.05) is 121 Å². The molecule has 35 heavy (non-hydrogen) atoms. The Balaban J connectivity index is 1.73. The van der Waals surface area contributed by atoms with E-state index in [9.17, 15) is 9.59 Å². The van der Waals surface area contributed by atoms with E-state index in [1.54, 1.807) is 14.6 Å². The number of hydrogen-bond acceptors (Lipinski definition) is 2. The topological polar surface area (TPSA) is 34.1 Å². The van der Waals surface area contributed by atoms with Crippen LogP contribution in [0.1, 0.15) is 22.3 Å². The summed E-state index contributed by atoms with van der Waals surface area (Å²) in [5.74, 6) is 0. The van der Waals surface area contributed by atoms with E-state index in [0.29, 0.717) is 0 Å². The molecule has 0 aromatic heterocycles. The van der Waals surface area contributed by atoms with Crippen LogP contribution in [0.3, 0.4) is 0 Å². The Bertz CT molecular complexity index is 1340. The van der Waals surface area contributed by atoms with Crippen LogP contribution in [-0.2, 0) is 15.0 Å². The zero-order valence-corrected chi connectivity index (χ0v) is 19.3. The summed E-state index contributed by atoms with van der Waals surface area (Å²) >= 11 is 0. The van der Waals surface area contributed by atoms with Crippen LogP contribution in [-0.4, -0.2) is 25.9 Å². The number of allylic oxidation sites excluding steroid dienone is 2. The lowest BCUT2D eigenvalue weighted by atomic mass is 9.62. The molecule has 2 nitrogen and oxygen atoms in total. The zero-order valence-electron chi connectivity index (χ0n) is 19.3. The first-order chi connectivity index (χ1) is 17.1. The second-order valence-corrected chi connectivity index (χ2v) is 8.59. The van der Waals surface area contributed by atoms with Gasteiger partial charge in [0.15, 0.2) is 0 Å². The predicted molar refractivity (Wildman–Crippen MR) is 145 cm³/mol. The molecule has 4 heteroatoms. The second kappa shape index (κ2) is 9.23. The van der Waals surface area contributed by atoms with Gasteiger partial charge in [-0.25, -0.2) is 0 Å². The first-order valence-electron chi connectivity index (χ1n) is 11.5. The van der Waals surface area contributed by atoms with Crippen LogP contribution in [0.2, 0.25) is 0 Å². The van der Waals surface area contributed by atoms with Crippen molar-refractivity contribution < 1.29 is 9.59 Å². The zero-order chi connectivity index (χ0) is 24.4. The Morgan fingerprint density at radius 3 is 1.31 bits per heavy atom. The van der Waals surface area contributed by atoms with Gasteiger partial charge in [0.2, 0.25) is 14.6 Å². The van der Waals surface area contributed by atoms with Crippen molar-refractivity contribution in [1.82, 2.24) is 0 Å². The molecule has 0 unspecified atom stereocenters. The number of fused-ring (bicyclic) bond motifs is 3. The van der Waals surface area contributed by atoms with Crippen LogP contribution < -0.4 is 10.9 Å². The minimum atomic E-state index is -0.533. The fraction of sp³-hybridized carbons (Fsp3) is 0.0323. The lowest BCUT2D eigenvalue weighted by Crippen LogP contribution is -2.31. The monoisotopic (exact) mass is 448 g/mol. The minimum absolute atomic E-state index is 0.120. The van der Waals surface area contributed by atoms with Gasteiger partial charge in [-0.2, -0.15) is 0 Å². The van der Waals surface area contributed by atoms with E-state index >= 15 is 0 Å². The summed E-state index contributed by atoms with van der Waals surface area (Å²) in [4.78, 5) is 23.7. The van der Waals surface area contributed by atoms with E-state index in [1.165, 1.54) is 34.4 Å². The molecule has 4 aromatic carbocycles. The van der Waals surface area contributed by atoms with Crippen molar-refractivity contribution in [2.75, 3.05) is 0 Å². The third-order valence-electron chi connectivity index (χ3n) is 6.66. The average molecular weight is 448 g/mol. The van der Waals surface area contributed by atoms with Crippen molar-refractivity contribution in [2.45, 2.75) is 5.41 Å². The molecule has 1 aliphatic rings. The minimum Gasteiger partial charge on any atom is -0.307 e. The SMILES string of the molecule is C=CC(=O)[B]c1ccc(C2(c3ccc([B]C(=O)C=C)cc3)c3ccccc3-c3ccccc32)cc1. The molecule has 0 atom stereocenters. The smallest absolute Gasteiger partial charge is 0.247 e. The molecule has 0 heterocycles. The lowest BCUT2D eigenvalue weighted by molar-refractivity contribution is -0.108. The standard InChI is InChI=1S/C31H22B2O2/c1-3-29(34)32-23-17-13-21(14-18-23)31(22-15-19-24(20-16-22)33-30(35)4-2)27-11-7-5-9-25(27)26-10-6-8-12-28(26)31/h3-20H,1-2H2. The van der Waals surface area contributed by atoms with Gasteiger partial charge in [0.1, 0.15) is 11.4 Å². The highest BCUT2D eigenvalue weighted by Gasteiger charge is 2.45. The maximum Gasteiger partial charge on any atom is 0.247 e. The van der Waals surface area contributed by atoms with Crippen LogP contribution in [0.4, 0.5) is 0 Å². The molecule has 5 rings (SSSR count). The van der Waals surface area contributed by atoms with Gasteiger partial charge in [-0.05, 0) is 45.5 Å². The Kier molecular flexibility index (Phi) is 5.96. The summed E-state index contributed by atoms with van der Waals surface area (Å²) in [5.41, 5.74) is 7.94. The maximum absolute atomic E-state index is 11.9. The van der Waals surface area contributed by atoms with E-state index in [0.717, 1.165) is 22.1 Å². The molecule has 0 spiro atoms. The van der Waals surface area contributed by atoms with Crippen molar-refractivity contribution in [3.63, 3.8) is 0 Å². The van der Waals surface area contributed by atoms with Gasteiger partial charge in [0, 0.05) is 0 Å². The number of benzene rings is 4. The molecule has 164 valence electrons. The summed E-state index contributed by atoms with van der Waals surface area (Å²) in [6.45, 7) is 7.12. The molecule has 0 amide bonds. The number of rotatable bonds is 8.